The highest BCUT2D eigenvalue weighted by atomic mass is 19.1. The average Bonchev–Trinajstić information content (AvgIpc) is 2.38. The summed E-state index contributed by atoms with van der Waals surface area (Å²) in [6, 6.07) is 3.67. The van der Waals surface area contributed by atoms with Crippen LogP contribution >= 0.6 is 0 Å². The topological polar surface area (TPSA) is 87.0 Å². The Morgan fingerprint density at radius 1 is 1.44 bits per heavy atom. The minimum absolute atomic E-state index is 0.169. The Kier molecular flexibility index (Phi) is 5.21. The van der Waals surface area contributed by atoms with Gasteiger partial charge in [-0.05, 0) is 17.7 Å². The molecule has 5 nitrogen and oxygen atoms in total. The maximum absolute atomic E-state index is 13.5. The van der Waals surface area contributed by atoms with Crippen LogP contribution in [0.1, 0.15) is 23.7 Å². The molecule has 0 bridgehead atoms. The number of halogens is 1. The van der Waals surface area contributed by atoms with Gasteiger partial charge in [0, 0.05) is 5.56 Å². The second kappa shape index (κ2) is 6.44. The largest absolute Gasteiger partial charge is 0.469 e. The lowest BCUT2D eigenvalue weighted by molar-refractivity contribution is -0.144. The lowest BCUT2D eigenvalue weighted by Gasteiger charge is -2.18. The Bertz CT molecular complexity index is 421. The van der Waals surface area contributed by atoms with Crippen LogP contribution in [-0.4, -0.2) is 34.5 Å². The molecule has 0 aliphatic heterocycles. The number of benzene rings is 1. The Balaban J connectivity index is 2.88. The molecular formula is C12H15FO5. The molecule has 100 valence electrons. The maximum atomic E-state index is 13.5. The van der Waals surface area contributed by atoms with E-state index in [0.717, 1.165) is 13.2 Å². The second-order valence-electron chi connectivity index (χ2n) is 3.81. The average molecular weight is 258 g/mol. The highest BCUT2D eigenvalue weighted by Gasteiger charge is 2.24. The molecule has 0 amide bonds. The number of carbonyl (C=O) groups excluding carboxylic acids is 1. The van der Waals surface area contributed by atoms with Gasteiger partial charge in [-0.3, -0.25) is 4.79 Å². The molecule has 0 aliphatic rings. The summed E-state index contributed by atoms with van der Waals surface area (Å²) >= 11 is 0. The zero-order valence-corrected chi connectivity index (χ0v) is 9.84. The van der Waals surface area contributed by atoms with Gasteiger partial charge in [0.05, 0.1) is 26.2 Å². The minimum atomic E-state index is -1.56. The van der Waals surface area contributed by atoms with Gasteiger partial charge in [-0.2, -0.15) is 0 Å². The molecule has 0 heterocycles. The standard InChI is InChI=1S/C12H15FO5/c1-18-11(16)5-10(15)12(17)8-4-7(6-14)2-3-9(8)13/h2-4,10,12,14-15,17H,5-6H2,1H3. The summed E-state index contributed by atoms with van der Waals surface area (Å²) in [5.41, 5.74) is 0.230. The van der Waals surface area contributed by atoms with Crippen molar-refractivity contribution in [1.29, 1.82) is 0 Å². The summed E-state index contributed by atoms with van der Waals surface area (Å²) in [7, 11) is 1.15. The highest BCUT2D eigenvalue weighted by molar-refractivity contribution is 5.69. The van der Waals surface area contributed by atoms with Gasteiger partial charge < -0.3 is 20.1 Å². The van der Waals surface area contributed by atoms with E-state index in [2.05, 4.69) is 4.74 Å². The normalized spacial score (nSPS) is 14.1. The van der Waals surface area contributed by atoms with E-state index in [0.29, 0.717) is 5.56 Å². The summed E-state index contributed by atoms with van der Waals surface area (Å²) in [6.07, 6.45) is -3.48. The van der Waals surface area contributed by atoms with Crippen LogP contribution in [0.3, 0.4) is 0 Å². The van der Waals surface area contributed by atoms with E-state index >= 15 is 0 Å². The maximum Gasteiger partial charge on any atom is 0.308 e. The first kappa shape index (κ1) is 14.6. The van der Waals surface area contributed by atoms with Crippen molar-refractivity contribution in [2.75, 3.05) is 7.11 Å². The highest BCUT2D eigenvalue weighted by Crippen LogP contribution is 2.23. The first-order valence-electron chi connectivity index (χ1n) is 5.31. The van der Waals surface area contributed by atoms with Gasteiger partial charge in [-0.25, -0.2) is 4.39 Å². The van der Waals surface area contributed by atoms with E-state index in [4.69, 9.17) is 5.11 Å². The first-order chi connectivity index (χ1) is 8.49. The number of aliphatic hydroxyl groups is 3. The van der Waals surface area contributed by atoms with Crippen LogP contribution < -0.4 is 0 Å². The van der Waals surface area contributed by atoms with E-state index in [1.54, 1.807) is 0 Å². The molecule has 18 heavy (non-hydrogen) atoms. The zero-order chi connectivity index (χ0) is 13.7. The predicted octanol–water partition coefficient (Wildman–Crippen LogP) is 0.275. The number of esters is 1. The summed E-state index contributed by atoms with van der Waals surface area (Å²) < 4.78 is 17.8. The van der Waals surface area contributed by atoms with E-state index in [9.17, 15) is 19.4 Å². The molecule has 1 aromatic carbocycles. The van der Waals surface area contributed by atoms with Crippen molar-refractivity contribution in [2.45, 2.75) is 25.2 Å². The van der Waals surface area contributed by atoms with Gasteiger partial charge in [0.25, 0.3) is 0 Å². The molecule has 0 radical (unpaired) electrons. The summed E-state index contributed by atoms with van der Waals surface area (Å²) in [5, 5.41) is 28.3. The SMILES string of the molecule is COC(=O)CC(O)C(O)c1cc(CO)ccc1F. The van der Waals surface area contributed by atoms with Crippen LogP contribution in [0.25, 0.3) is 0 Å². The van der Waals surface area contributed by atoms with Crippen LogP contribution in [0, 0.1) is 5.82 Å². The fourth-order valence-electron chi connectivity index (χ4n) is 1.49. The summed E-state index contributed by atoms with van der Waals surface area (Å²) in [4.78, 5) is 10.9. The Morgan fingerprint density at radius 2 is 2.11 bits per heavy atom. The smallest absolute Gasteiger partial charge is 0.308 e. The molecule has 0 saturated carbocycles. The zero-order valence-electron chi connectivity index (χ0n) is 9.84. The molecule has 3 N–H and O–H groups in total. The molecule has 0 fully saturated rings. The molecule has 6 heteroatoms. The number of ether oxygens (including phenoxy) is 1. The number of hydrogen-bond donors (Lipinski definition) is 3. The van der Waals surface area contributed by atoms with Gasteiger partial charge in [0.2, 0.25) is 0 Å². The fourth-order valence-corrected chi connectivity index (χ4v) is 1.49. The van der Waals surface area contributed by atoms with Crippen molar-refractivity contribution in [3.63, 3.8) is 0 Å². The van der Waals surface area contributed by atoms with E-state index in [-0.39, 0.29) is 12.2 Å². The number of aliphatic hydroxyl groups excluding tert-OH is 3. The van der Waals surface area contributed by atoms with Crippen molar-refractivity contribution in [3.05, 3.63) is 35.1 Å². The number of methoxy groups -OCH3 is 1. The van der Waals surface area contributed by atoms with Crippen molar-refractivity contribution in [3.8, 4) is 0 Å². The van der Waals surface area contributed by atoms with E-state index in [1.807, 2.05) is 0 Å². The Labute approximate surface area is 103 Å². The van der Waals surface area contributed by atoms with Crippen molar-refractivity contribution in [1.82, 2.24) is 0 Å². The number of hydrogen-bond acceptors (Lipinski definition) is 5. The first-order valence-corrected chi connectivity index (χ1v) is 5.31. The summed E-state index contributed by atoms with van der Waals surface area (Å²) in [5.74, 6) is -1.43. The van der Waals surface area contributed by atoms with Crippen LogP contribution in [0.2, 0.25) is 0 Å². The predicted molar refractivity (Wildman–Crippen MR) is 59.9 cm³/mol. The van der Waals surface area contributed by atoms with Crippen molar-refractivity contribution in [2.24, 2.45) is 0 Å². The number of rotatable bonds is 5. The van der Waals surface area contributed by atoms with Gasteiger partial charge in [0.15, 0.2) is 0 Å². The van der Waals surface area contributed by atoms with Gasteiger partial charge in [0.1, 0.15) is 11.9 Å². The molecule has 2 atom stereocenters. The Hall–Kier alpha value is -1.50. The van der Waals surface area contributed by atoms with Gasteiger partial charge in [-0.1, -0.05) is 6.07 Å². The quantitative estimate of drug-likeness (QED) is 0.660. The lowest BCUT2D eigenvalue weighted by Crippen LogP contribution is -2.23. The minimum Gasteiger partial charge on any atom is -0.469 e. The van der Waals surface area contributed by atoms with E-state index in [1.165, 1.54) is 12.1 Å². The second-order valence-corrected chi connectivity index (χ2v) is 3.81. The van der Waals surface area contributed by atoms with Crippen LogP contribution in [0.5, 0.6) is 0 Å². The molecule has 0 aliphatic carbocycles. The third-order valence-corrected chi connectivity index (χ3v) is 2.53. The van der Waals surface area contributed by atoms with Crippen molar-refractivity contribution < 1.29 is 29.2 Å². The third kappa shape index (κ3) is 3.49. The number of carbonyl (C=O) groups is 1. The van der Waals surface area contributed by atoms with Gasteiger partial charge in [-0.15, -0.1) is 0 Å². The summed E-state index contributed by atoms with van der Waals surface area (Å²) in [6.45, 7) is -0.312. The molecule has 2 unspecified atom stereocenters. The lowest BCUT2D eigenvalue weighted by atomic mass is 9.99. The molecular weight excluding hydrogens is 243 g/mol. The third-order valence-electron chi connectivity index (χ3n) is 2.53. The fraction of sp³-hybridized carbons (Fsp3) is 0.417. The Morgan fingerprint density at radius 3 is 2.67 bits per heavy atom. The van der Waals surface area contributed by atoms with Crippen LogP contribution in [-0.2, 0) is 16.1 Å². The van der Waals surface area contributed by atoms with Crippen molar-refractivity contribution >= 4 is 5.97 Å². The van der Waals surface area contributed by atoms with E-state index < -0.39 is 30.4 Å². The molecule has 0 aromatic heterocycles. The molecule has 1 aromatic rings. The van der Waals surface area contributed by atoms with Gasteiger partial charge >= 0.3 is 5.97 Å². The van der Waals surface area contributed by atoms with Crippen LogP contribution in [0.4, 0.5) is 4.39 Å². The molecule has 1 rings (SSSR count). The molecule has 0 saturated heterocycles. The van der Waals surface area contributed by atoms with Crippen LogP contribution in [0.15, 0.2) is 18.2 Å². The molecule has 0 spiro atoms. The monoisotopic (exact) mass is 258 g/mol.